The van der Waals surface area contributed by atoms with Gasteiger partial charge < -0.3 is 9.32 Å². The third-order valence-electron chi connectivity index (χ3n) is 2.75. The molecule has 0 unspecified atom stereocenters. The largest absolute Gasteiger partial charge is 0.467 e. The zero-order valence-electron chi connectivity index (χ0n) is 10.3. The van der Waals surface area contributed by atoms with Gasteiger partial charge in [0.05, 0.1) is 12.8 Å². The summed E-state index contributed by atoms with van der Waals surface area (Å²) < 4.78 is 6.15. The second-order valence-corrected chi connectivity index (χ2v) is 5.12. The molecule has 0 aliphatic heterocycles. The summed E-state index contributed by atoms with van der Waals surface area (Å²) in [5.74, 6) is 0.767. The van der Waals surface area contributed by atoms with Crippen molar-refractivity contribution in [1.82, 2.24) is 4.90 Å². The fourth-order valence-corrected chi connectivity index (χ4v) is 2.10. The molecule has 1 aromatic heterocycles. The molecule has 0 aliphatic carbocycles. The van der Waals surface area contributed by atoms with Gasteiger partial charge in [-0.1, -0.05) is 22.0 Å². The third-order valence-corrected chi connectivity index (χ3v) is 3.24. The molecular weight excluding hydrogens is 294 g/mol. The number of carbonyl (C=O) groups excluding carboxylic acids is 1. The van der Waals surface area contributed by atoms with E-state index in [2.05, 4.69) is 15.9 Å². The highest BCUT2D eigenvalue weighted by molar-refractivity contribution is 9.10. The number of rotatable bonds is 3. The van der Waals surface area contributed by atoms with E-state index in [4.69, 9.17) is 4.42 Å². The van der Waals surface area contributed by atoms with Gasteiger partial charge >= 0.3 is 0 Å². The summed E-state index contributed by atoms with van der Waals surface area (Å²) >= 11 is 3.39. The van der Waals surface area contributed by atoms with Crippen molar-refractivity contribution in [1.29, 1.82) is 0 Å². The quantitative estimate of drug-likeness (QED) is 0.867. The molecule has 3 nitrogen and oxygen atoms in total. The van der Waals surface area contributed by atoms with Crippen molar-refractivity contribution in [2.24, 2.45) is 0 Å². The van der Waals surface area contributed by atoms with Crippen LogP contribution in [0.5, 0.6) is 0 Å². The van der Waals surface area contributed by atoms with E-state index >= 15 is 0 Å². The summed E-state index contributed by atoms with van der Waals surface area (Å²) in [7, 11) is 1.77. The molecule has 2 aromatic rings. The van der Waals surface area contributed by atoms with E-state index < -0.39 is 0 Å². The molecule has 0 saturated heterocycles. The Kier molecular flexibility index (Phi) is 3.87. The Hall–Kier alpha value is -1.55. The Morgan fingerprint density at radius 2 is 2.17 bits per heavy atom. The number of nitrogens with zero attached hydrogens (tertiary/aromatic N) is 1. The van der Waals surface area contributed by atoms with Crippen LogP contribution in [0.3, 0.4) is 0 Å². The molecule has 18 heavy (non-hydrogen) atoms. The van der Waals surface area contributed by atoms with Crippen molar-refractivity contribution >= 4 is 21.8 Å². The summed E-state index contributed by atoms with van der Waals surface area (Å²) in [5.41, 5.74) is 1.67. The van der Waals surface area contributed by atoms with Crippen LogP contribution in [-0.4, -0.2) is 17.9 Å². The van der Waals surface area contributed by atoms with Crippen LogP contribution >= 0.6 is 15.9 Å². The summed E-state index contributed by atoms with van der Waals surface area (Å²) in [6.07, 6.45) is 1.61. The third kappa shape index (κ3) is 2.82. The molecule has 1 amide bonds. The minimum Gasteiger partial charge on any atom is -0.467 e. The second-order valence-electron chi connectivity index (χ2n) is 4.20. The van der Waals surface area contributed by atoms with Gasteiger partial charge in [0.15, 0.2) is 0 Å². The molecule has 0 saturated carbocycles. The van der Waals surface area contributed by atoms with Gasteiger partial charge in [-0.05, 0) is 36.8 Å². The number of halogens is 1. The lowest BCUT2D eigenvalue weighted by Crippen LogP contribution is -2.26. The predicted octanol–water partition coefficient (Wildman–Crippen LogP) is 3.62. The molecule has 0 atom stereocenters. The smallest absolute Gasteiger partial charge is 0.254 e. The first kappa shape index (κ1) is 12.9. The summed E-state index contributed by atoms with van der Waals surface area (Å²) in [6, 6.07) is 9.38. The zero-order valence-corrected chi connectivity index (χ0v) is 11.9. The molecule has 0 spiro atoms. The minimum absolute atomic E-state index is 0.00907. The number of hydrogen-bond acceptors (Lipinski definition) is 2. The Morgan fingerprint density at radius 3 is 2.83 bits per heavy atom. The summed E-state index contributed by atoms with van der Waals surface area (Å²) in [5, 5.41) is 0. The van der Waals surface area contributed by atoms with E-state index in [0.717, 1.165) is 15.8 Å². The van der Waals surface area contributed by atoms with Gasteiger partial charge in [0.1, 0.15) is 5.76 Å². The zero-order chi connectivity index (χ0) is 13.1. The van der Waals surface area contributed by atoms with E-state index in [1.807, 2.05) is 37.3 Å². The lowest BCUT2D eigenvalue weighted by Gasteiger charge is -2.17. The fraction of sp³-hybridized carbons (Fsp3) is 0.214. The van der Waals surface area contributed by atoms with Gasteiger partial charge in [-0.2, -0.15) is 0 Å². The standard InChI is InChI=1S/C14H14BrNO2/c1-10-5-6-11(15)8-13(10)14(17)16(2)9-12-4-3-7-18-12/h3-8H,9H2,1-2H3. The fourth-order valence-electron chi connectivity index (χ4n) is 1.74. The van der Waals surface area contributed by atoms with Gasteiger partial charge in [-0.15, -0.1) is 0 Å². The van der Waals surface area contributed by atoms with Crippen LogP contribution in [0.4, 0.5) is 0 Å². The Bertz CT molecular complexity index is 549. The molecule has 2 rings (SSSR count). The van der Waals surface area contributed by atoms with Crippen molar-refractivity contribution in [2.45, 2.75) is 13.5 Å². The first-order chi connectivity index (χ1) is 8.58. The van der Waals surface area contributed by atoms with Gasteiger partial charge in [0.2, 0.25) is 0 Å². The monoisotopic (exact) mass is 307 g/mol. The van der Waals surface area contributed by atoms with E-state index in [1.54, 1.807) is 18.2 Å². The molecule has 0 fully saturated rings. The summed E-state index contributed by atoms with van der Waals surface area (Å²) in [6.45, 7) is 2.40. The van der Waals surface area contributed by atoms with E-state index in [-0.39, 0.29) is 5.91 Å². The summed E-state index contributed by atoms with van der Waals surface area (Å²) in [4.78, 5) is 14.0. The van der Waals surface area contributed by atoms with Crippen LogP contribution in [-0.2, 0) is 6.54 Å². The highest BCUT2D eigenvalue weighted by Gasteiger charge is 2.15. The maximum absolute atomic E-state index is 12.3. The van der Waals surface area contributed by atoms with E-state index in [9.17, 15) is 4.79 Å². The highest BCUT2D eigenvalue weighted by Crippen LogP contribution is 2.18. The van der Waals surface area contributed by atoms with E-state index in [0.29, 0.717) is 12.1 Å². The topological polar surface area (TPSA) is 33.5 Å². The maximum Gasteiger partial charge on any atom is 0.254 e. The van der Waals surface area contributed by atoms with Gasteiger partial charge in [-0.25, -0.2) is 0 Å². The minimum atomic E-state index is -0.00907. The SMILES string of the molecule is Cc1ccc(Br)cc1C(=O)N(C)Cc1ccco1. The lowest BCUT2D eigenvalue weighted by atomic mass is 10.1. The second kappa shape index (κ2) is 5.40. The molecule has 0 radical (unpaired) electrons. The normalized spacial score (nSPS) is 10.4. The molecule has 4 heteroatoms. The molecule has 0 bridgehead atoms. The van der Waals surface area contributed by atoms with Crippen LogP contribution in [0, 0.1) is 6.92 Å². The van der Waals surface area contributed by atoms with Crippen molar-refractivity contribution in [3.8, 4) is 0 Å². The Labute approximate surface area is 115 Å². The van der Waals surface area contributed by atoms with Crippen molar-refractivity contribution < 1.29 is 9.21 Å². The highest BCUT2D eigenvalue weighted by atomic mass is 79.9. The molecule has 1 aromatic carbocycles. The van der Waals surface area contributed by atoms with Gasteiger partial charge in [0, 0.05) is 17.1 Å². The predicted molar refractivity (Wildman–Crippen MR) is 73.4 cm³/mol. The number of carbonyl (C=O) groups is 1. The molecule has 0 aliphatic rings. The molecule has 94 valence electrons. The number of amides is 1. The van der Waals surface area contributed by atoms with Crippen LogP contribution in [0.25, 0.3) is 0 Å². The van der Waals surface area contributed by atoms with Crippen LogP contribution in [0.15, 0.2) is 45.5 Å². The average Bonchev–Trinajstić information content (AvgIpc) is 2.84. The van der Waals surface area contributed by atoms with Crippen molar-refractivity contribution in [2.75, 3.05) is 7.05 Å². The number of furan rings is 1. The number of benzene rings is 1. The number of aryl methyl sites for hydroxylation is 1. The Balaban J connectivity index is 2.17. The molecule has 0 N–H and O–H groups in total. The molecular formula is C14H14BrNO2. The van der Waals surface area contributed by atoms with Gasteiger partial charge in [-0.3, -0.25) is 4.79 Å². The lowest BCUT2D eigenvalue weighted by molar-refractivity contribution is 0.0774. The first-order valence-corrected chi connectivity index (χ1v) is 6.41. The van der Waals surface area contributed by atoms with E-state index in [1.165, 1.54) is 0 Å². The maximum atomic E-state index is 12.3. The van der Waals surface area contributed by atoms with Crippen LogP contribution in [0.1, 0.15) is 21.7 Å². The van der Waals surface area contributed by atoms with Crippen LogP contribution in [0.2, 0.25) is 0 Å². The van der Waals surface area contributed by atoms with Crippen molar-refractivity contribution in [3.63, 3.8) is 0 Å². The van der Waals surface area contributed by atoms with Gasteiger partial charge in [0.25, 0.3) is 5.91 Å². The van der Waals surface area contributed by atoms with Crippen molar-refractivity contribution in [3.05, 3.63) is 58.0 Å². The van der Waals surface area contributed by atoms with Crippen LogP contribution < -0.4 is 0 Å². The Morgan fingerprint density at radius 1 is 1.39 bits per heavy atom. The number of hydrogen-bond donors (Lipinski definition) is 0. The average molecular weight is 308 g/mol. The first-order valence-electron chi connectivity index (χ1n) is 5.62. The molecule has 1 heterocycles.